The summed E-state index contributed by atoms with van der Waals surface area (Å²) in [7, 11) is 1.74. The molecule has 1 heterocycles. The topological polar surface area (TPSA) is 44.4 Å². The molecule has 2 N–H and O–H groups in total. The van der Waals surface area contributed by atoms with Gasteiger partial charge in [0.25, 0.3) is 0 Å². The summed E-state index contributed by atoms with van der Waals surface area (Å²) < 4.78 is 0. The zero-order valence-electron chi connectivity index (χ0n) is 11.9. The highest BCUT2D eigenvalue weighted by molar-refractivity contribution is 5.81. The van der Waals surface area contributed by atoms with Crippen molar-refractivity contribution in [2.24, 2.45) is 11.8 Å². The summed E-state index contributed by atoms with van der Waals surface area (Å²) in [5, 5.41) is 6.15. The van der Waals surface area contributed by atoms with Crippen LogP contribution in [0.2, 0.25) is 0 Å². The smallest absolute Gasteiger partial charge is 0.238 e. The quantitative estimate of drug-likeness (QED) is 0.766. The van der Waals surface area contributed by atoms with Gasteiger partial charge < -0.3 is 10.6 Å². The van der Waals surface area contributed by atoms with Crippen molar-refractivity contribution in [1.82, 2.24) is 15.5 Å². The highest BCUT2D eigenvalue weighted by atomic mass is 16.2. The van der Waals surface area contributed by atoms with E-state index in [4.69, 9.17) is 0 Å². The van der Waals surface area contributed by atoms with Gasteiger partial charge in [-0.3, -0.25) is 9.69 Å². The standard InChI is InChI=1S/C14H27N3O/c1-10-4-5-11(2)12(8-10)17-7-6-16-9-13(17)14(18)15-3/h10-13,16H,4-9H2,1-3H3,(H,15,18). The van der Waals surface area contributed by atoms with Crippen molar-refractivity contribution in [1.29, 1.82) is 0 Å². The molecule has 2 aliphatic rings. The van der Waals surface area contributed by atoms with Crippen LogP contribution in [0.25, 0.3) is 0 Å². The lowest BCUT2D eigenvalue weighted by molar-refractivity contribution is -0.128. The Hall–Kier alpha value is -0.610. The lowest BCUT2D eigenvalue weighted by Gasteiger charge is -2.46. The molecule has 4 heteroatoms. The van der Waals surface area contributed by atoms with Crippen LogP contribution in [0, 0.1) is 11.8 Å². The summed E-state index contributed by atoms with van der Waals surface area (Å²) in [5.74, 6) is 1.67. The molecule has 18 heavy (non-hydrogen) atoms. The number of nitrogens with zero attached hydrogens (tertiary/aromatic N) is 1. The molecule has 0 bridgehead atoms. The summed E-state index contributed by atoms with van der Waals surface area (Å²) >= 11 is 0. The second kappa shape index (κ2) is 6.02. The van der Waals surface area contributed by atoms with Crippen molar-refractivity contribution in [3.05, 3.63) is 0 Å². The van der Waals surface area contributed by atoms with Crippen LogP contribution in [0.15, 0.2) is 0 Å². The highest BCUT2D eigenvalue weighted by Crippen LogP contribution is 2.33. The molecule has 0 spiro atoms. The van der Waals surface area contributed by atoms with E-state index < -0.39 is 0 Å². The van der Waals surface area contributed by atoms with E-state index in [9.17, 15) is 4.79 Å². The van der Waals surface area contributed by atoms with Crippen molar-refractivity contribution >= 4 is 5.91 Å². The Morgan fingerprint density at radius 3 is 2.83 bits per heavy atom. The van der Waals surface area contributed by atoms with E-state index in [2.05, 4.69) is 29.4 Å². The Morgan fingerprint density at radius 1 is 1.33 bits per heavy atom. The molecule has 1 saturated heterocycles. The minimum Gasteiger partial charge on any atom is -0.358 e. The molecule has 0 aromatic heterocycles. The van der Waals surface area contributed by atoms with Crippen LogP contribution < -0.4 is 10.6 Å². The minimum absolute atomic E-state index is 0.0153. The third-order valence-electron chi connectivity index (χ3n) is 4.68. The number of hydrogen-bond donors (Lipinski definition) is 2. The van der Waals surface area contributed by atoms with Crippen molar-refractivity contribution in [3.63, 3.8) is 0 Å². The first kappa shape index (κ1) is 13.8. The van der Waals surface area contributed by atoms with Crippen LogP contribution in [-0.4, -0.2) is 49.6 Å². The molecule has 0 aromatic carbocycles. The summed E-state index contributed by atoms with van der Waals surface area (Å²) in [6.07, 6.45) is 3.89. The molecule has 2 fully saturated rings. The number of amides is 1. The summed E-state index contributed by atoms with van der Waals surface area (Å²) in [6, 6.07) is 0.597. The first-order chi connectivity index (χ1) is 8.63. The van der Waals surface area contributed by atoms with Gasteiger partial charge in [0.2, 0.25) is 5.91 Å². The largest absolute Gasteiger partial charge is 0.358 e. The normalized spacial score (nSPS) is 38.4. The van der Waals surface area contributed by atoms with E-state index in [0.717, 1.165) is 25.6 Å². The van der Waals surface area contributed by atoms with Crippen molar-refractivity contribution in [2.75, 3.05) is 26.7 Å². The van der Waals surface area contributed by atoms with Gasteiger partial charge in [-0.1, -0.05) is 20.3 Å². The molecule has 0 radical (unpaired) electrons. The molecule has 4 atom stereocenters. The second-order valence-corrected chi connectivity index (χ2v) is 6.03. The minimum atomic E-state index is 0.0153. The van der Waals surface area contributed by atoms with Gasteiger partial charge in [0, 0.05) is 32.7 Å². The monoisotopic (exact) mass is 253 g/mol. The lowest BCUT2D eigenvalue weighted by Crippen LogP contribution is -2.62. The van der Waals surface area contributed by atoms with Gasteiger partial charge in [0.05, 0.1) is 0 Å². The first-order valence-electron chi connectivity index (χ1n) is 7.31. The third kappa shape index (κ3) is 2.86. The van der Waals surface area contributed by atoms with Gasteiger partial charge >= 0.3 is 0 Å². The Morgan fingerprint density at radius 2 is 2.11 bits per heavy atom. The fourth-order valence-corrected chi connectivity index (χ4v) is 3.49. The Kier molecular flexibility index (Phi) is 4.62. The number of carbonyl (C=O) groups is 1. The van der Waals surface area contributed by atoms with E-state index in [-0.39, 0.29) is 11.9 Å². The summed E-state index contributed by atoms with van der Waals surface area (Å²) in [5.41, 5.74) is 0. The summed E-state index contributed by atoms with van der Waals surface area (Å²) in [4.78, 5) is 14.5. The van der Waals surface area contributed by atoms with Crippen LogP contribution in [0.3, 0.4) is 0 Å². The molecule has 1 amide bonds. The van der Waals surface area contributed by atoms with Gasteiger partial charge in [-0.05, 0) is 24.7 Å². The van der Waals surface area contributed by atoms with E-state index in [1.807, 2.05) is 0 Å². The number of rotatable bonds is 2. The number of nitrogens with one attached hydrogen (secondary N) is 2. The number of piperazine rings is 1. The highest BCUT2D eigenvalue weighted by Gasteiger charge is 2.37. The first-order valence-corrected chi connectivity index (χ1v) is 7.31. The Labute approximate surface area is 110 Å². The van der Waals surface area contributed by atoms with E-state index in [1.54, 1.807) is 7.05 Å². The molecule has 1 aliphatic heterocycles. The van der Waals surface area contributed by atoms with Crippen molar-refractivity contribution in [3.8, 4) is 0 Å². The summed E-state index contributed by atoms with van der Waals surface area (Å²) in [6.45, 7) is 7.48. The predicted octanol–water partition coefficient (Wildman–Crippen LogP) is 0.831. The molecule has 4 unspecified atom stereocenters. The van der Waals surface area contributed by atoms with E-state index in [1.165, 1.54) is 19.3 Å². The third-order valence-corrected chi connectivity index (χ3v) is 4.68. The predicted molar refractivity (Wildman–Crippen MR) is 73.4 cm³/mol. The Balaban J connectivity index is 2.09. The number of likely N-dealkylation sites (N-methyl/N-ethyl adjacent to an activating group) is 1. The van der Waals surface area contributed by atoms with E-state index in [0.29, 0.717) is 12.0 Å². The lowest BCUT2D eigenvalue weighted by atomic mass is 9.78. The van der Waals surface area contributed by atoms with Crippen LogP contribution in [0.4, 0.5) is 0 Å². The maximum atomic E-state index is 12.0. The maximum absolute atomic E-state index is 12.0. The number of hydrogen-bond acceptors (Lipinski definition) is 3. The second-order valence-electron chi connectivity index (χ2n) is 6.03. The van der Waals surface area contributed by atoms with Crippen LogP contribution in [-0.2, 0) is 4.79 Å². The van der Waals surface area contributed by atoms with Crippen molar-refractivity contribution < 1.29 is 4.79 Å². The van der Waals surface area contributed by atoms with E-state index >= 15 is 0 Å². The molecule has 1 aliphatic carbocycles. The fraction of sp³-hybridized carbons (Fsp3) is 0.929. The van der Waals surface area contributed by atoms with Crippen LogP contribution >= 0.6 is 0 Å². The zero-order valence-corrected chi connectivity index (χ0v) is 11.9. The Bertz CT molecular complexity index is 295. The van der Waals surface area contributed by atoms with Gasteiger partial charge in [0.15, 0.2) is 0 Å². The average Bonchev–Trinajstić information content (AvgIpc) is 2.40. The molecule has 0 aromatic rings. The zero-order chi connectivity index (χ0) is 13.1. The van der Waals surface area contributed by atoms with Crippen molar-refractivity contribution in [2.45, 2.75) is 45.2 Å². The maximum Gasteiger partial charge on any atom is 0.238 e. The van der Waals surface area contributed by atoms with Gasteiger partial charge in [-0.2, -0.15) is 0 Å². The molecule has 2 rings (SSSR count). The van der Waals surface area contributed by atoms with Gasteiger partial charge in [0.1, 0.15) is 6.04 Å². The molecule has 1 saturated carbocycles. The van der Waals surface area contributed by atoms with Gasteiger partial charge in [-0.15, -0.1) is 0 Å². The molecular formula is C14H27N3O. The average molecular weight is 253 g/mol. The number of carbonyl (C=O) groups excluding carboxylic acids is 1. The van der Waals surface area contributed by atoms with Crippen LogP contribution in [0.5, 0.6) is 0 Å². The molecular weight excluding hydrogens is 226 g/mol. The fourth-order valence-electron chi connectivity index (χ4n) is 3.49. The SMILES string of the molecule is CNC(=O)C1CNCCN1C1CC(C)CCC1C. The van der Waals surface area contributed by atoms with Gasteiger partial charge in [-0.25, -0.2) is 0 Å². The molecule has 4 nitrogen and oxygen atoms in total. The van der Waals surface area contributed by atoms with Crippen LogP contribution in [0.1, 0.15) is 33.1 Å². The molecule has 104 valence electrons.